The van der Waals surface area contributed by atoms with Gasteiger partial charge in [0.15, 0.2) is 0 Å². The van der Waals surface area contributed by atoms with Crippen LogP contribution in [0, 0.1) is 5.92 Å². The highest BCUT2D eigenvalue weighted by Gasteiger charge is 2.28. The third-order valence-corrected chi connectivity index (χ3v) is 2.76. The van der Waals surface area contributed by atoms with Crippen LogP contribution in [0.15, 0.2) is 12.2 Å². The maximum Gasteiger partial charge on any atom is 0.0620 e. The molecule has 1 aliphatic carbocycles. The first-order valence-corrected chi connectivity index (χ1v) is 5.73. The molecule has 0 bridgehead atoms. The number of hydrogen-bond acceptors (Lipinski definition) is 2. The molecule has 0 aromatic rings. The Morgan fingerprint density at radius 3 is 1.87 bits per heavy atom. The minimum absolute atomic E-state index is 0.397. The van der Waals surface area contributed by atoms with Gasteiger partial charge in [0.25, 0.3) is 0 Å². The maximum atomic E-state index is 9.64. The first-order valence-electron chi connectivity index (χ1n) is 5.73. The Hall–Kier alpha value is -0.340. The SMILES string of the molecule is C=C(C)C1CCC(C)(O)CC1.CN(C)C. The van der Waals surface area contributed by atoms with Crippen molar-refractivity contribution >= 4 is 0 Å². The maximum absolute atomic E-state index is 9.64. The van der Waals surface area contributed by atoms with Gasteiger partial charge in [-0.1, -0.05) is 12.2 Å². The summed E-state index contributed by atoms with van der Waals surface area (Å²) in [5, 5.41) is 9.64. The Bertz CT molecular complexity index is 184. The first kappa shape index (κ1) is 14.7. The second kappa shape index (κ2) is 6.29. The quantitative estimate of drug-likeness (QED) is 0.677. The number of aliphatic hydroxyl groups is 1. The van der Waals surface area contributed by atoms with E-state index in [2.05, 4.69) is 13.5 Å². The lowest BCUT2D eigenvalue weighted by Crippen LogP contribution is -2.30. The molecule has 1 fully saturated rings. The molecule has 0 saturated heterocycles. The van der Waals surface area contributed by atoms with E-state index in [1.807, 2.05) is 33.0 Å². The Morgan fingerprint density at radius 2 is 1.60 bits per heavy atom. The molecule has 2 heteroatoms. The van der Waals surface area contributed by atoms with Gasteiger partial charge in [-0.2, -0.15) is 0 Å². The zero-order valence-electron chi connectivity index (χ0n) is 11.0. The summed E-state index contributed by atoms with van der Waals surface area (Å²) in [4.78, 5) is 2.00. The third kappa shape index (κ3) is 7.57. The van der Waals surface area contributed by atoms with Gasteiger partial charge < -0.3 is 10.0 Å². The zero-order valence-corrected chi connectivity index (χ0v) is 11.0. The summed E-state index contributed by atoms with van der Waals surface area (Å²) in [7, 11) is 6.00. The smallest absolute Gasteiger partial charge is 0.0620 e. The predicted octanol–water partition coefficient (Wildman–Crippen LogP) is 2.68. The Labute approximate surface area is 95.0 Å². The molecule has 0 atom stereocenters. The number of rotatable bonds is 1. The second-order valence-electron chi connectivity index (χ2n) is 5.46. The molecule has 1 N–H and O–H groups in total. The van der Waals surface area contributed by atoms with Crippen LogP contribution in [0.4, 0.5) is 0 Å². The summed E-state index contributed by atoms with van der Waals surface area (Å²) in [6.07, 6.45) is 4.10. The average molecular weight is 213 g/mol. The predicted molar refractivity (Wildman–Crippen MR) is 67.0 cm³/mol. The highest BCUT2D eigenvalue weighted by atomic mass is 16.3. The normalized spacial score (nSPS) is 30.7. The van der Waals surface area contributed by atoms with Gasteiger partial charge in [0.2, 0.25) is 0 Å². The minimum Gasteiger partial charge on any atom is -0.390 e. The van der Waals surface area contributed by atoms with Crippen LogP contribution in [0.1, 0.15) is 39.5 Å². The molecule has 15 heavy (non-hydrogen) atoms. The van der Waals surface area contributed by atoms with Gasteiger partial charge >= 0.3 is 0 Å². The molecule has 0 amide bonds. The van der Waals surface area contributed by atoms with E-state index < -0.39 is 5.60 Å². The van der Waals surface area contributed by atoms with E-state index >= 15 is 0 Å². The Balaban J connectivity index is 0.000000423. The minimum atomic E-state index is -0.397. The largest absolute Gasteiger partial charge is 0.390 e. The first-order chi connectivity index (χ1) is 6.74. The fraction of sp³-hybridized carbons (Fsp3) is 0.846. The van der Waals surface area contributed by atoms with E-state index in [1.165, 1.54) is 5.57 Å². The van der Waals surface area contributed by atoms with Crippen LogP contribution >= 0.6 is 0 Å². The summed E-state index contributed by atoms with van der Waals surface area (Å²) < 4.78 is 0. The van der Waals surface area contributed by atoms with E-state index in [4.69, 9.17) is 0 Å². The van der Waals surface area contributed by atoms with Crippen molar-refractivity contribution in [2.75, 3.05) is 21.1 Å². The lowest BCUT2D eigenvalue weighted by molar-refractivity contribution is 0.0126. The van der Waals surface area contributed by atoms with Crippen molar-refractivity contribution < 1.29 is 5.11 Å². The van der Waals surface area contributed by atoms with Crippen LogP contribution in [0.25, 0.3) is 0 Å². The number of allylic oxidation sites excluding steroid dienone is 1. The molecule has 0 heterocycles. The molecule has 0 aliphatic heterocycles. The summed E-state index contributed by atoms with van der Waals surface area (Å²) in [6, 6.07) is 0. The van der Waals surface area contributed by atoms with Crippen molar-refractivity contribution in [1.82, 2.24) is 4.90 Å². The Morgan fingerprint density at radius 1 is 1.27 bits per heavy atom. The molecule has 90 valence electrons. The fourth-order valence-electron chi connectivity index (χ4n) is 1.73. The summed E-state index contributed by atoms with van der Waals surface area (Å²) in [5.41, 5.74) is 0.881. The van der Waals surface area contributed by atoms with E-state index in [9.17, 15) is 5.11 Å². The molecule has 1 aliphatic rings. The van der Waals surface area contributed by atoms with Crippen molar-refractivity contribution in [3.05, 3.63) is 12.2 Å². The van der Waals surface area contributed by atoms with E-state index in [-0.39, 0.29) is 0 Å². The number of hydrogen-bond donors (Lipinski definition) is 1. The van der Waals surface area contributed by atoms with E-state index in [1.54, 1.807) is 0 Å². The van der Waals surface area contributed by atoms with Crippen molar-refractivity contribution in [2.45, 2.75) is 45.1 Å². The topological polar surface area (TPSA) is 23.5 Å². The van der Waals surface area contributed by atoms with Crippen LogP contribution in [0.2, 0.25) is 0 Å². The van der Waals surface area contributed by atoms with Crippen LogP contribution in [0.5, 0.6) is 0 Å². The summed E-state index contributed by atoms with van der Waals surface area (Å²) in [6.45, 7) is 7.97. The molecule has 0 aromatic heterocycles. The molecule has 0 unspecified atom stereocenters. The second-order valence-corrected chi connectivity index (χ2v) is 5.46. The van der Waals surface area contributed by atoms with Gasteiger partial charge in [-0.3, -0.25) is 0 Å². The van der Waals surface area contributed by atoms with Crippen molar-refractivity contribution in [1.29, 1.82) is 0 Å². The van der Waals surface area contributed by atoms with Crippen molar-refractivity contribution in [2.24, 2.45) is 5.92 Å². The van der Waals surface area contributed by atoms with Gasteiger partial charge in [-0.25, -0.2) is 0 Å². The summed E-state index contributed by atoms with van der Waals surface area (Å²) >= 11 is 0. The number of nitrogens with zero attached hydrogens (tertiary/aromatic N) is 1. The van der Waals surface area contributed by atoms with Crippen molar-refractivity contribution in [3.8, 4) is 0 Å². The van der Waals surface area contributed by atoms with Gasteiger partial charge in [-0.15, -0.1) is 0 Å². The molecular formula is C13H27NO. The molecule has 0 radical (unpaired) electrons. The molecule has 2 nitrogen and oxygen atoms in total. The third-order valence-electron chi connectivity index (χ3n) is 2.76. The summed E-state index contributed by atoms with van der Waals surface area (Å²) in [5.74, 6) is 0.662. The molecule has 0 spiro atoms. The zero-order chi connectivity index (χ0) is 12.1. The Kier molecular flexibility index (Phi) is 6.15. The molecule has 1 rings (SSSR count). The van der Waals surface area contributed by atoms with E-state index in [0.29, 0.717) is 5.92 Å². The lowest BCUT2D eigenvalue weighted by Gasteiger charge is -2.33. The molecule has 0 aromatic carbocycles. The van der Waals surface area contributed by atoms with Gasteiger partial charge in [0.05, 0.1) is 5.60 Å². The van der Waals surface area contributed by atoms with Crippen LogP contribution in [0.3, 0.4) is 0 Å². The monoisotopic (exact) mass is 213 g/mol. The van der Waals surface area contributed by atoms with Gasteiger partial charge in [0.1, 0.15) is 0 Å². The van der Waals surface area contributed by atoms with E-state index in [0.717, 1.165) is 25.7 Å². The standard InChI is InChI=1S/C10H18O.C3H9N/c1-8(2)9-4-6-10(3,11)7-5-9;1-4(2)3/h9,11H,1,4-7H2,2-3H3;1-3H3. The van der Waals surface area contributed by atoms with Crippen molar-refractivity contribution in [3.63, 3.8) is 0 Å². The molecular weight excluding hydrogens is 186 g/mol. The van der Waals surface area contributed by atoms with Gasteiger partial charge in [0, 0.05) is 0 Å². The van der Waals surface area contributed by atoms with Crippen LogP contribution in [-0.2, 0) is 0 Å². The molecule has 1 saturated carbocycles. The van der Waals surface area contributed by atoms with Gasteiger partial charge in [-0.05, 0) is 66.6 Å². The average Bonchev–Trinajstić information content (AvgIpc) is 2.01. The van der Waals surface area contributed by atoms with Crippen LogP contribution < -0.4 is 0 Å². The van der Waals surface area contributed by atoms with Crippen LogP contribution in [-0.4, -0.2) is 36.8 Å². The highest BCUT2D eigenvalue weighted by Crippen LogP contribution is 2.34. The highest BCUT2D eigenvalue weighted by molar-refractivity contribution is 4.99. The lowest BCUT2D eigenvalue weighted by atomic mass is 9.77. The fourth-order valence-corrected chi connectivity index (χ4v) is 1.73.